The van der Waals surface area contributed by atoms with Crippen molar-refractivity contribution in [3.63, 3.8) is 0 Å². The van der Waals surface area contributed by atoms with Gasteiger partial charge in [0.2, 0.25) is 0 Å². The van der Waals surface area contributed by atoms with Gasteiger partial charge in [0.1, 0.15) is 5.75 Å². The topological polar surface area (TPSA) is 59.3 Å². The minimum absolute atomic E-state index is 0.340. The van der Waals surface area contributed by atoms with Crippen LogP contribution in [0, 0.1) is 18.3 Å². The molecule has 29 heavy (non-hydrogen) atoms. The van der Waals surface area contributed by atoms with E-state index in [1.807, 2.05) is 49.4 Å². The first-order chi connectivity index (χ1) is 14.1. The second-order valence-corrected chi connectivity index (χ2v) is 7.26. The summed E-state index contributed by atoms with van der Waals surface area (Å²) < 4.78 is 10.3. The summed E-state index contributed by atoms with van der Waals surface area (Å²) in [6.45, 7) is 4.11. The third-order valence-electron chi connectivity index (χ3n) is 4.50. The Hall–Kier alpha value is -3.36. The molecule has 0 fully saturated rings. The summed E-state index contributed by atoms with van der Waals surface area (Å²) in [7, 11) is 1.64. The van der Waals surface area contributed by atoms with Gasteiger partial charge in [0.15, 0.2) is 0 Å². The number of thiophene rings is 1. The molecule has 1 aromatic heterocycles. The van der Waals surface area contributed by atoms with E-state index in [1.165, 1.54) is 6.08 Å². The SMILES string of the molecule is CCOC(=O)C=Cc1scc(-c2ccc(OC)cc2)c1-c1ccc(C#N)cc1C. The van der Waals surface area contributed by atoms with Crippen molar-refractivity contribution in [2.45, 2.75) is 13.8 Å². The average molecular weight is 404 g/mol. The first-order valence-corrected chi connectivity index (χ1v) is 10.1. The van der Waals surface area contributed by atoms with E-state index in [-0.39, 0.29) is 5.97 Å². The van der Waals surface area contributed by atoms with E-state index in [2.05, 4.69) is 11.4 Å². The standard InChI is InChI=1S/C24H21NO3S/c1-4-28-23(26)12-11-22-24(20-10-5-17(14-25)13-16(20)2)21(15-29-22)18-6-8-19(27-3)9-7-18/h5-13,15H,4H2,1-3H3. The Bertz CT molecular complexity index is 1090. The molecule has 0 unspecified atom stereocenters. The first-order valence-electron chi connectivity index (χ1n) is 9.19. The van der Waals surface area contributed by atoms with Gasteiger partial charge in [-0.05, 0) is 66.3 Å². The van der Waals surface area contributed by atoms with Crippen LogP contribution in [-0.2, 0) is 9.53 Å². The molecular weight excluding hydrogens is 382 g/mol. The molecule has 0 amide bonds. The summed E-state index contributed by atoms with van der Waals surface area (Å²) in [5, 5.41) is 11.3. The smallest absolute Gasteiger partial charge is 0.330 e. The van der Waals surface area contributed by atoms with Crippen LogP contribution >= 0.6 is 11.3 Å². The van der Waals surface area contributed by atoms with Gasteiger partial charge in [-0.2, -0.15) is 5.26 Å². The van der Waals surface area contributed by atoms with Gasteiger partial charge in [-0.25, -0.2) is 4.79 Å². The highest BCUT2D eigenvalue weighted by molar-refractivity contribution is 7.12. The molecule has 3 rings (SSSR count). The van der Waals surface area contributed by atoms with Gasteiger partial charge >= 0.3 is 5.97 Å². The van der Waals surface area contributed by atoms with Crippen LogP contribution in [0.5, 0.6) is 5.75 Å². The number of ether oxygens (including phenoxy) is 2. The molecule has 1 heterocycles. The van der Waals surface area contributed by atoms with Gasteiger partial charge in [0.25, 0.3) is 0 Å². The van der Waals surface area contributed by atoms with Crippen LogP contribution in [0.4, 0.5) is 0 Å². The lowest BCUT2D eigenvalue weighted by molar-refractivity contribution is -0.137. The minimum Gasteiger partial charge on any atom is -0.497 e. The fourth-order valence-corrected chi connectivity index (χ4v) is 4.09. The van der Waals surface area contributed by atoms with Gasteiger partial charge < -0.3 is 9.47 Å². The van der Waals surface area contributed by atoms with E-state index >= 15 is 0 Å². The molecule has 0 atom stereocenters. The lowest BCUT2D eigenvalue weighted by atomic mass is 9.93. The number of benzene rings is 2. The fourth-order valence-electron chi connectivity index (χ4n) is 3.10. The van der Waals surface area contributed by atoms with Gasteiger partial charge in [0, 0.05) is 22.1 Å². The molecule has 0 aliphatic carbocycles. The first kappa shape index (κ1) is 20.4. The Morgan fingerprint density at radius 3 is 2.55 bits per heavy atom. The van der Waals surface area contributed by atoms with E-state index in [9.17, 15) is 10.1 Å². The fraction of sp³-hybridized carbons (Fsp3) is 0.167. The molecule has 0 aliphatic heterocycles. The van der Waals surface area contributed by atoms with Crippen molar-refractivity contribution in [2.24, 2.45) is 0 Å². The highest BCUT2D eigenvalue weighted by Crippen LogP contribution is 2.42. The number of carbonyl (C=O) groups excluding carboxylic acids is 1. The molecular formula is C24H21NO3S. The van der Waals surface area contributed by atoms with Crippen LogP contribution in [0.25, 0.3) is 28.3 Å². The summed E-state index contributed by atoms with van der Waals surface area (Å²) >= 11 is 1.56. The van der Waals surface area contributed by atoms with Crippen molar-refractivity contribution >= 4 is 23.4 Å². The predicted molar refractivity (Wildman–Crippen MR) is 117 cm³/mol. The zero-order valence-corrected chi connectivity index (χ0v) is 17.4. The van der Waals surface area contributed by atoms with Crippen LogP contribution in [0.2, 0.25) is 0 Å². The van der Waals surface area contributed by atoms with E-state index in [4.69, 9.17) is 9.47 Å². The molecule has 3 aromatic rings. The van der Waals surface area contributed by atoms with Crippen LogP contribution in [0.1, 0.15) is 22.9 Å². The van der Waals surface area contributed by atoms with Gasteiger partial charge in [-0.3, -0.25) is 0 Å². The molecule has 0 saturated heterocycles. The van der Waals surface area contributed by atoms with Gasteiger partial charge in [0.05, 0.1) is 25.3 Å². The Labute approximate surface area is 174 Å². The maximum Gasteiger partial charge on any atom is 0.330 e. The van der Waals surface area contributed by atoms with Crippen molar-refractivity contribution in [3.8, 4) is 34.1 Å². The molecule has 0 saturated carbocycles. The number of hydrogen-bond acceptors (Lipinski definition) is 5. The molecule has 0 spiro atoms. The van der Waals surface area contributed by atoms with Gasteiger partial charge in [-0.15, -0.1) is 11.3 Å². The zero-order valence-electron chi connectivity index (χ0n) is 16.6. The number of hydrogen-bond donors (Lipinski definition) is 0. The second-order valence-electron chi connectivity index (χ2n) is 6.34. The predicted octanol–water partition coefficient (Wildman–Crippen LogP) is 5.85. The number of esters is 1. The van der Waals surface area contributed by atoms with Crippen molar-refractivity contribution in [1.82, 2.24) is 0 Å². The minimum atomic E-state index is -0.366. The van der Waals surface area contributed by atoms with E-state index in [0.717, 1.165) is 38.4 Å². The van der Waals surface area contributed by atoms with Crippen LogP contribution < -0.4 is 4.74 Å². The van der Waals surface area contributed by atoms with Gasteiger partial charge in [-0.1, -0.05) is 18.2 Å². The van der Waals surface area contributed by atoms with Crippen LogP contribution in [-0.4, -0.2) is 19.7 Å². The molecule has 0 bridgehead atoms. The highest BCUT2D eigenvalue weighted by atomic mass is 32.1. The summed E-state index contributed by atoms with van der Waals surface area (Å²) in [6, 6.07) is 15.7. The number of methoxy groups -OCH3 is 1. The van der Waals surface area contributed by atoms with E-state index < -0.39 is 0 Å². The monoisotopic (exact) mass is 403 g/mol. The second kappa shape index (κ2) is 9.22. The Morgan fingerprint density at radius 2 is 1.93 bits per heavy atom. The van der Waals surface area contributed by atoms with Crippen molar-refractivity contribution in [2.75, 3.05) is 13.7 Å². The van der Waals surface area contributed by atoms with Crippen LogP contribution in [0.15, 0.2) is 53.9 Å². The molecule has 146 valence electrons. The molecule has 0 aliphatic rings. The highest BCUT2D eigenvalue weighted by Gasteiger charge is 2.16. The number of nitrogens with zero attached hydrogens (tertiary/aromatic N) is 1. The van der Waals surface area contributed by atoms with Crippen molar-refractivity contribution in [3.05, 3.63) is 69.9 Å². The lowest BCUT2D eigenvalue weighted by Crippen LogP contribution is -1.98. The van der Waals surface area contributed by atoms with Crippen molar-refractivity contribution in [1.29, 1.82) is 5.26 Å². The molecule has 4 nitrogen and oxygen atoms in total. The quantitative estimate of drug-likeness (QED) is 0.383. The normalized spacial score (nSPS) is 10.7. The Kier molecular flexibility index (Phi) is 6.48. The maximum absolute atomic E-state index is 11.8. The molecule has 5 heteroatoms. The van der Waals surface area contributed by atoms with Crippen LogP contribution in [0.3, 0.4) is 0 Å². The van der Waals surface area contributed by atoms with E-state index in [0.29, 0.717) is 12.2 Å². The average Bonchev–Trinajstić information content (AvgIpc) is 3.16. The third-order valence-corrected chi connectivity index (χ3v) is 5.45. The summed E-state index contributed by atoms with van der Waals surface area (Å²) in [6.07, 6.45) is 3.25. The Morgan fingerprint density at radius 1 is 1.17 bits per heavy atom. The number of carbonyl (C=O) groups is 1. The van der Waals surface area contributed by atoms with E-state index in [1.54, 1.807) is 31.4 Å². The summed E-state index contributed by atoms with van der Waals surface area (Å²) in [5.41, 5.74) is 5.80. The lowest BCUT2D eigenvalue weighted by Gasteiger charge is -2.11. The zero-order chi connectivity index (χ0) is 20.8. The van der Waals surface area contributed by atoms with Crippen molar-refractivity contribution < 1.29 is 14.3 Å². The maximum atomic E-state index is 11.8. The summed E-state index contributed by atoms with van der Waals surface area (Å²) in [5.74, 6) is 0.428. The Balaban J connectivity index is 2.14. The summed E-state index contributed by atoms with van der Waals surface area (Å²) in [4.78, 5) is 12.8. The number of nitriles is 1. The largest absolute Gasteiger partial charge is 0.497 e. The number of rotatable bonds is 6. The molecule has 0 radical (unpaired) electrons. The molecule has 2 aromatic carbocycles. The third kappa shape index (κ3) is 4.56. The molecule has 0 N–H and O–H groups in total. The number of aryl methyl sites for hydroxylation is 1.